The van der Waals surface area contributed by atoms with Crippen molar-refractivity contribution >= 4 is 11.6 Å². The molecule has 0 saturated carbocycles. The summed E-state index contributed by atoms with van der Waals surface area (Å²) in [7, 11) is 3.58. The van der Waals surface area contributed by atoms with E-state index in [4.69, 9.17) is 0 Å². The Labute approximate surface area is 104 Å². The van der Waals surface area contributed by atoms with Crippen molar-refractivity contribution in [2.75, 3.05) is 32.1 Å². The summed E-state index contributed by atoms with van der Waals surface area (Å²) >= 11 is 0. The molecule has 17 heavy (non-hydrogen) atoms. The Bertz CT molecular complexity index is 399. The van der Waals surface area contributed by atoms with E-state index in [1.54, 1.807) is 19.0 Å². The largest absolute Gasteiger partial charge is 0.362 e. The summed E-state index contributed by atoms with van der Waals surface area (Å²) in [5.41, 5.74) is 3.62. The molecule has 0 aliphatic rings. The van der Waals surface area contributed by atoms with Gasteiger partial charge >= 0.3 is 0 Å². The maximum absolute atomic E-state index is 11.7. The van der Waals surface area contributed by atoms with Crippen LogP contribution < -0.4 is 4.90 Å². The normalized spacial score (nSPS) is 10.2. The highest BCUT2D eigenvalue weighted by molar-refractivity contribution is 5.81. The van der Waals surface area contributed by atoms with E-state index in [1.807, 2.05) is 0 Å². The first-order valence-electron chi connectivity index (χ1n) is 5.98. The highest BCUT2D eigenvalue weighted by Gasteiger charge is 2.13. The smallest absolute Gasteiger partial charge is 0.241 e. The number of rotatable bonds is 4. The van der Waals surface area contributed by atoms with Crippen LogP contribution in [-0.2, 0) is 4.79 Å². The third-order valence-electron chi connectivity index (χ3n) is 2.90. The van der Waals surface area contributed by atoms with Gasteiger partial charge in [0.15, 0.2) is 0 Å². The molecule has 1 rings (SSSR count). The van der Waals surface area contributed by atoms with Gasteiger partial charge in [0.1, 0.15) is 0 Å². The van der Waals surface area contributed by atoms with Crippen molar-refractivity contribution in [3.05, 3.63) is 29.3 Å². The van der Waals surface area contributed by atoms with E-state index in [0.717, 1.165) is 12.2 Å². The van der Waals surface area contributed by atoms with Gasteiger partial charge in [-0.2, -0.15) is 0 Å². The zero-order valence-corrected chi connectivity index (χ0v) is 11.4. The van der Waals surface area contributed by atoms with Crippen LogP contribution in [0.5, 0.6) is 0 Å². The van der Waals surface area contributed by atoms with E-state index in [9.17, 15) is 4.79 Å². The maximum atomic E-state index is 11.7. The van der Waals surface area contributed by atoms with Crippen molar-refractivity contribution in [1.82, 2.24) is 4.90 Å². The molecule has 3 nitrogen and oxygen atoms in total. The molecule has 3 heteroatoms. The molecule has 0 heterocycles. The predicted octanol–water partition coefficient (Wildman–Crippen LogP) is 2.22. The molecule has 0 aliphatic carbocycles. The summed E-state index contributed by atoms with van der Waals surface area (Å²) in [5.74, 6) is 0.131. The quantitative estimate of drug-likeness (QED) is 0.797. The molecule has 0 bridgehead atoms. The Hall–Kier alpha value is -1.51. The lowest BCUT2D eigenvalue weighted by atomic mass is 10.1. The van der Waals surface area contributed by atoms with Gasteiger partial charge in [-0.3, -0.25) is 4.79 Å². The average molecular weight is 234 g/mol. The van der Waals surface area contributed by atoms with Crippen LogP contribution in [0.4, 0.5) is 5.69 Å². The summed E-state index contributed by atoms with van der Waals surface area (Å²) in [6, 6.07) is 6.33. The summed E-state index contributed by atoms with van der Waals surface area (Å²) in [6.07, 6.45) is 0. The molecule has 0 radical (unpaired) electrons. The molecule has 0 spiro atoms. The van der Waals surface area contributed by atoms with Gasteiger partial charge in [0.25, 0.3) is 0 Å². The monoisotopic (exact) mass is 234 g/mol. The number of aryl methyl sites for hydroxylation is 2. The Morgan fingerprint density at radius 1 is 1.24 bits per heavy atom. The SMILES string of the molecule is CCN(CC(=O)N(C)C)c1ccc(C)cc1C. The molecular formula is C14H22N2O. The van der Waals surface area contributed by atoms with Gasteiger partial charge < -0.3 is 9.80 Å². The fourth-order valence-electron chi connectivity index (χ4n) is 1.83. The van der Waals surface area contributed by atoms with Gasteiger partial charge in [0.2, 0.25) is 5.91 Å². The van der Waals surface area contributed by atoms with E-state index in [1.165, 1.54) is 11.1 Å². The van der Waals surface area contributed by atoms with Gasteiger partial charge in [-0.05, 0) is 32.4 Å². The molecule has 0 unspecified atom stereocenters. The first-order chi connectivity index (χ1) is 7.95. The lowest BCUT2D eigenvalue weighted by molar-refractivity contribution is -0.127. The topological polar surface area (TPSA) is 23.6 Å². The maximum Gasteiger partial charge on any atom is 0.241 e. The fraction of sp³-hybridized carbons (Fsp3) is 0.500. The Morgan fingerprint density at radius 3 is 2.35 bits per heavy atom. The zero-order chi connectivity index (χ0) is 13.0. The minimum absolute atomic E-state index is 0.131. The Balaban J connectivity index is 2.90. The van der Waals surface area contributed by atoms with Gasteiger partial charge in [0.05, 0.1) is 6.54 Å². The van der Waals surface area contributed by atoms with Crippen LogP contribution >= 0.6 is 0 Å². The molecule has 1 amide bonds. The van der Waals surface area contributed by atoms with E-state index in [-0.39, 0.29) is 5.91 Å². The van der Waals surface area contributed by atoms with Crippen molar-refractivity contribution in [2.45, 2.75) is 20.8 Å². The van der Waals surface area contributed by atoms with Crippen LogP contribution in [0.1, 0.15) is 18.1 Å². The Morgan fingerprint density at radius 2 is 1.88 bits per heavy atom. The second-order valence-electron chi connectivity index (χ2n) is 4.59. The van der Waals surface area contributed by atoms with Crippen molar-refractivity contribution in [3.8, 4) is 0 Å². The highest BCUT2D eigenvalue weighted by atomic mass is 16.2. The van der Waals surface area contributed by atoms with Crippen LogP contribution in [0.3, 0.4) is 0 Å². The molecule has 0 saturated heterocycles. The standard InChI is InChI=1S/C14H22N2O/c1-6-16(10-14(17)15(4)5)13-8-7-11(2)9-12(13)3/h7-9H,6,10H2,1-5H3. The lowest BCUT2D eigenvalue weighted by Gasteiger charge is -2.26. The predicted molar refractivity (Wildman–Crippen MR) is 72.5 cm³/mol. The molecule has 0 aromatic heterocycles. The number of amides is 1. The first kappa shape index (κ1) is 13.6. The summed E-state index contributed by atoms with van der Waals surface area (Å²) in [4.78, 5) is 15.5. The average Bonchev–Trinajstić information content (AvgIpc) is 2.26. The molecule has 0 fully saturated rings. The van der Waals surface area contributed by atoms with Crippen LogP contribution in [-0.4, -0.2) is 38.0 Å². The second-order valence-corrected chi connectivity index (χ2v) is 4.59. The molecule has 0 N–H and O–H groups in total. The van der Waals surface area contributed by atoms with Crippen molar-refractivity contribution in [2.24, 2.45) is 0 Å². The number of anilines is 1. The van der Waals surface area contributed by atoms with Crippen LogP contribution in [0.2, 0.25) is 0 Å². The van der Waals surface area contributed by atoms with Crippen LogP contribution in [0.25, 0.3) is 0 Å². The van der Waals surface area contributed by atoms with Crippen LogP contribution in [0, 0.1) is 13.8 Å². The van der Waals surface area contributed by atoms with E-state index in [2.05, 4.69) is 43.9 Å². The van der Waals surface area contributed by atoms with Gasteiger partial charge in [0, 0.05) is 26.3 Å². The minimum Gasteiger partial charge on any atom is -0.362 e. The second kappa shape index (κ2) is 5.71. The third kappa shape index (κ3) is 3.48. The minimum atomic E-state index is 0.131. The number of hydrogen-bond donors (Lipinski definition) is 0. The summed E-state index contributed by atoms with van der Waals surface area (Å²) in [6.45, 7) is 7.52. The lowest BCUT2D eigenvalue weighted by Crippen LogP contribution is -2.36. The van der Waals surface area contributed by atoms with Gasteiger partial charge in [-0.25, -0.2) is 0 Å². The number of nitrogens with zero attached hydrogens (tertiary/aromatic N) is 2. The molecule has 94 valence electrons. The third-order valence-corrected chi connectivity index (χ3v) is 2.90. The summed E-state index contributed by atoms with van der Waals surface area (Å²) < 4.78 is 0. The number of benzene rings is 1. The zero-order valence-electron chi connectivity index (χ0n) is 11.4. The number of hydrogen-bond acceptors (Lipinski definition) is 2. The highest BCUT2D eigenvalue weighted by Crippen LogP contribution is 2.20. The number of likely N-dealkylation sites (N-methyl/N-ethyl adjacent to an activating group) is 2. The molecule has 1 aromatic rings. The van der Waals surface area contributed by atoms with E-state index >= 15 is 0 Å². The van der Waals surface area contributed by atoms with Gasteiger partial charge in [-0.15, -0.1) is 0 Å². The van der Waals surface area contributed by atoms with E-state index in [0.29, 0.717) is 6.54 Å². The molecule has 1 aromatic carbocycles. The van der Waals surface area contributed by atoms with Gasteiger partial charge in [-0.1, -0.05) is 17.7 Å². The molecule has 0 atom stereocenters. The molecular weight excluding hydrogens is 212 g/mol. The Kier molecular flexibility index (Phi) is 4.55. The fourth-order valence-corrected chi connectivity index (χ4v) is 1.83. The van der Waals surface area contributed by atoms with Crippen molar-refractivity contribution in [1.29, 1.82) is 0 Å². The van der Waals surface area contributed by atoms with Crippen molar-refractivity contribution < 1.29 is 4.79 Å². The number of carbonyl (C=O) groups excluding carboxylic acids is 1. The first-order valence-corrected chi connectivity index (χ1v) is 5.98. The molecule has 0 aliphatic heterocycles. The van der Waals surface area contributed by atoms with E-state index < -0.39 is 0 Å². The summed E-state index contributed by atoms with van der Waals surface area (Å²) in [5, 5.41) is 0. The van der Waals surface area contributed by atoms with Crippen molar-refractivity contribution in [3.63, 3.8) is 0 Å². The number of carbonyl (C=O) groups is 1. The van der Waals surface area contributed by atoms with Crippen LogP contribution in [0.15, 0.2) is 18.2 Å².